The van der Waals surface area contributed by atoms with Crippen LogP contribution >= 0.6 is 0 Å². The van der Waals surface area contributed by atoms with E-state index in [9.17, 15) is 22.8 Å². The molecule has 0 aliphatic carbocycles. The van der Waals surface area contributed by atoms with Gasteiger partial charge in [0.25, 0.3) is 0 Å². The molecule has 0 atom stereocenters. The molecule has 6 nitrogen and oxygen atoms in total. The van der Waals surface area contributed by atoms with Crippen molar-refractivity contribution < 1.29 is 41.7 Å². The summed E-state index contributed by atoms with van der Waals surface area (Å²) in [5, 5.41) is 0. The van der Waals surface area contributed by atoms with Crippen LogP contribution in [0.2, 0.25) is 0 Å². The van der Waals surface area contributed by atoms with E-state index in [1.165, 1.54) is 32.2 Å². The normalized spacial score (nSPS) is 11.3. The maximum absolute atomic E-state index is 13.7. The summed E-state index contributed by atoms with van der Waals surface area (Å²) in [5.74, 6) is -1.22. The van der Waals surface area contributed by atoms with Crippen LogP contribution in [0.3, 0.4) is 0 Å². The van der Waals surface area contributed by atoms with Crippen molar-refractivity contribution in [1.82, 2.24) is 0 Å². The van der Waals surface area contributed by atoms with Crippen LogP contribution in [0.15, 0.2) is 116 Å². The monoisotopic (exact) mass is 550 g/mol. The van der Waals surface area contributed by atoms with Gasteiger partial charge in [0.05, 0.1) is 5.56 Å². The van der Waals surface area contributed by atoms with Gasteiger partial charge in [-0.15, -0.1) is 0 Å². The summed E-state index contributed by atoms with van der Waals surface area (Å²) >= 11 is 0. The van der Waals surface area contributed by atoms with Crippen LogP contribution in [-0.4, -0.2) is 11.9 Å². The van der Waals surface area contributed by atoms with Crippen LogP contribution in [-0.2, 0) is 25.2 Å². The molecule has 0 radical (unpaired) electrons. The van der Waals surface area contributed by atoms with Crippen molar-refractivity contribution in [3.8, 4) is 33.8 Å². The second-order valence-corrected chi connectivity index (χ2v) is 8.46. The first-order valence-corrected chi connectivity index (χ1v) is 11.7. The number of benzene rings is 3. The number of carbonyl (C=O) groups is 2. The fourth-order valence-corrected chi connectivity index (χ4v) is 3.20. The molecular formula is C31H25F3O6. The van der Waals surface area contributed by atoms with E-state index in [4.69, 9.17) is 14.2 Å². The van der Waals surface area contributed by atoms with Crippen LogP contribution in [0.25, 0.3) is 22.3 Å². The van der Waals surface area contributed by atoms with E-state index < -0.39 is 29.4 Å². The number of hydrogen-bond acceptors (Lipinski definition) is 6. The zero-order chi connectivity index (χ0) is 29.3. The second-order valence-electron chi connectivity index (χ2n) is 8.46. The third-order valence-electron chi connectivity index (χ3n) is 5.25. The Hall–Kier alpha value is -5.05. The molecular weight excluding hydrogens is 525 g/mol. The van der Waals surface area contributed by atoms with Crippen LogP contribution in [0.4, 0.5) is 13.2 Å². The fourth-order valence-electron chi connectivity index (χ4n) is 3.20. The van der Waals surface area contributed by atoms with Gasteiger partial charge in [-0.25, -0.2) is 9.59 Å². The minimum absolute atomic E-state index is 0.134. The molecule has 0 amide bonds. The van der Waals surface area contributed by atoms with E-state index in [-0.39, 0.29) is 11.1 Å². The Kier molecular flexibility index (Phi) is 9.70. The third-order valence-corrected chi connectivity index (χ3v) is 5.25. The number of halogens is 3. The minimum Gasteiger partial charge on any atom is -0.462 e. The van der Waals surface area contributed by atoms with Crippen LogP contribution in [0.1, 0.15) is 19.4 Å². The van der Waals surface area contributed by atoms with Crippen molar-refractivity contribution in [2.45, 2.75) is 20.0 Å². The van der Waals surface area contributed by atoms with Crippen molar-refractivity contribution in [2.75, 3.05) is 0 Å². The molecule has 0 heterocycles. The van der Waals surface area contributed by atoms with Crippen LogP contribution in [0, 0.1) is 0 Å². The largest absolute Gasteiger partial charge is 0.462 e. The Morgan fingerprint density at radius 3 is 1.55 bits per heavy atom. The van der Waals surface area contributed by atoms with Gasteiger partial charge in [0.2, 0.25) is 0 Å². The minimum atomic E-state index is -4.68. The molecule has 0 fully saturated rings. The van der Waals surface area contributed by atoms with Gasteiger partial charge in [-0.05, 0) is 60.4 Å². The molecule has 3 rings (SSSR count). The van der Waals surface area contributed by atoms with E-state index >= 15 is 0 Å². The SMILES string of the molecule is C=C(C)C(=O)OC=COc1ccc(-c2ccc(-c3ccc(OC=COC(=O)C(=C)C)c(C(F)(F)F)c3)cc2)cc1. The lowest BCUT2D eigenvalue weighted by Crippen LogP contribution is -2.07. The number of alkyl halides is 3. The highest BCUT2D eigenvalue weighted by molar-refractivity contribution is 5.87. The van der Waals surface area contributed by atoms with Gasteiger partial charge in [0.1, 0.15) is 36.5 Å². The molecule has 3 aromatic carbocycles. The van der Waals surface area contributed by atoms with E-state index in [2.05, 4.69) is 17.9 Å². The highest BCUT2D eigenvalue weighted by Crippen LogP contribution is 2.39. The number of rotatable bonds is 10. The summed E-state index contributed by atoms with van der Waals surface area (Å²) in [7, 11) is 0. The van der Waals surface area contributed by atoms with Crippen LogP contribution < -0.4 is 9.47 Å². The Labute approximate surface area is 229 Å². The van der Waals surface area contributed by atoms with Crippen molar-refractivity contribution >= 4 is 11.9 Å². The quantitative estimate of drug-likeness (QED) is 0.145. The molecule has 3 aromatic rings. The van der Waals surface area contributed by atoms with E-state index in [1.807, 2.05) is 12.1 Å². The first-order chi connectivity index (χ1) is 19.0. The average Bonchev–Trinajstić information content (AvgIpc) is 2.93. The van der Waals surface area contributed by atoms with Gasteiger partial charge in [-0.2, -0.15) is 13.2 Å². The lowest BCUT2D eigenvalue weighted by molar-refractivity contribution is -0.139. The molecule has 0 aliphatic rings. The lowest BCUT2D eigenvalue weighted by atomic mass is 9.98. The number of esters is 2. The Bertz CT molecular complexity index is 1450. The van der Waals surface area contributed by atoms with Gasteiger partial charge in [0.15, 0.2) is 0 Å². The Morgan fingerprint density at radius 2 is 1.07 bits per heavy atom. The molecule has 0 saturated heterocycles. The zero-order valence-electron chi connectivity index (χ0n) is 21.7. The zero-order valence-corrected chi connectivity index (χ0v) is 21.7. The molecule has 0 spiro atoms. The fraction of sp³-hybridized carbons (Fsp3) is 0.0968. The molecule has 206 valence electrons. The molecule has 40 heavy (non-hydrogen) atoms. The summed E-state index contributed by atoms with van der Waals surface area (Å²) in [4.78, 5) is 22.7. The summed E-state index contributed by atoms with van der Waals surface area (Å²) in [6.07, 6.45) is -0.638. The number of carbonyl (C=O) groups excluding carboxylic acids is 2. The first-order valence-electron chi connectivity index (χ1n) is 11.7. The van der Waals surface area contributed by atoms with Gasteiger partial charge in [-0.1, -0.05) is 55.6 Å². The molecule has 0 aliphatic heterocycles. The molecule has 0 saturated carbocycles. The lowest BCUT2D eigenvalue weighted by Gasteiger charge is -2.14. The summed E-state index contributed by atoms with van der Waals surface area (Å²) in [6, 6.07) is 17.8. The van der Waals surface area contributed by atoms with E-state index in [0.29, 0.717) is 16.9 Å². The molecule has 9 heteroatoms. The topological polar surface area (TPSA) is 71.1 Å². The van der Waals surface area contributed by atoms with Gasteiger partial charge < -0.3 is 18.9 Å². The highest BCUT2D eigenvalue weighted by Gasteiger charge is 2.34. The molecule has 0 unspecified atom stereocenters. The summed E-state index contributed by atoms with van der Waals surface area (Å²) < 4.78 is 61.1. The number of ether oxygens (including phenoxy) is 4. The maximum atomic E-state index is 13.7. The van der Waals surface area contributed by atoms with Crippen molar-refractivity contribution in [3.63, 3.8) is 0 Å². The predicted molar refractivity (Wildman–Crippen MR) is 144 cm³/mol. The van der Waals surface area contributed by atoms with E-state index in [1.54, 1.807) is 36.4 Å². The standard InChI is InChI=1S/C31H25F3O6/c1-20(2)29(35)39-17-15-37-26-12-9-23(10-13-26)22-5-7-24(8-6-22)25-11-14-28(27(19-25)31(32,33)34)38-16-18-40-30(36)21(3)4/h5-19H,1,3H2,2,4H3. The van der Waals surface area contributed by atoms with Crippen LogP contribution in [0.5, 0.6) is 11.5 Å². The second kappa shape index (κ2) is 13.1. The molecule has 0 bridgehead atoms. The van der Waals surface area contributed by atoms with E-state index in [0.717, 1.165) is 36.0 Å². The Morgan fingerprint density at radius 1 is 0.650 bits per heavy atom. The predicted octanol–water partition coefficient (Wildman–Crippen LogP) is 7.98. The number of hydrogen-bond donors (Lipinski definition) is 0. The molecule has 0 aromatic heterocycles. The molecule has 0 N–H and O–H groups in total. The van der Waals surface area contributed by atoms with Gasteiger partial charge >= 0.3 is 18.1 Å². The third kappa shape index (κ3) is 8.22. The van der Waals surface area contributed by atoms with Gasteiger partial charge in [-0.3, -0.25) is 0 Å². The van der Waals surface area contributed by atoms with Crippen molar-refractivity contribution in [1.29, 1.82) is 0 Å². The summed E-state index contributed by atoms with van der Waals surface area (Å²) in [5.41, 5.74) is 2.02. The summed E-state index contributed by atoms with van der Waals surface area (Å²) in [6.45, 7) is 9.84. The Balaban J connectivity index is 1.70. The van der Waals surface area contributed by atoms with Crippen molar-refractivity contribution in [2.24, 2.45) is 0 Å². The smallest absolute Gasteiger partial charge is 0.420 e. The van der Waals surface area contributed by atoms with Gasteiger partial charge in [0, 0.05) is 11.1 Å². The maximum Gasteiger partial charge on any atom is 0.420 e. The van der Waals surface area contributed by atoms with Crippen molar-refractivity contribution in [3.05, 3.63) is 122 Å². The average molecular weight is 551 g/mol. The highest BCUT2D eigenvalue weighted by atomic mass is 19.4. The first kappa shape index (κ1) is 29.5.